The average molecular weight is 349 g/mol. The van der Waals surface area contributed by atoms with Gasteiger partial charge < -0.3 is 20.1 Å². The van der Waals surface area contributed by atoms with Gasteiger partial charge >= 0.3 is 6.03 Å². The highest BCUT2D eigenvalue weighted by Gasteiger charge is 2.24. The number of hydrogen-bond donors (Lipinski definition) is 2. The van der Waals surface area contributed by atoms with Gasteiger partial charge in [-0.05, 0) is 19.8 Å². The Morgan fingerprint density at radius 3 is 2.56 bits per heavy atom. The van der Waals surface area contributed by atoms with Crippen molar-refractivity contribution in [3.63, 3.8) is 0 Å². The number of amides is 3. The Kier molecular flexibility index (Phi) is 5.91. The molecule has 3 rings (SSSR count). The van der Waals surface area contributed by atoms with Crippen molar-refractivity contribution in [2.75, 3.05) is 38.0 Å². The minimum absolute atomic E-state index is 0.0362. The second-order valence-electron chi connectivity index (χ2n) is 6.92. The fourth-order valence-electron chi connectivity index (χ4n) is 3.43. The van der Waals surface area contributed by atoms with Gasteiger partial charge in [0.1, 0.15) is 5.76 Å². The molecule has 2 heterocycles. The first-order valence-electron chi connectivity index (χ1n) is 9.11. The highest BCUT2D eigenvalue weighted by molar-refractivity contribution is 5.91. The summed E-state index contributed by atoms with van der Waals surface area (Å²) < 4.78 is 4.93. The Hall–Kier alpha value is -2.09. The first-order chi connectivity index (χ1) is 12.1. The molecule has 0 radical (unpaired) electrons. The molecule has 0 spiro atoms. The molecule has 2 aliphatic rings. The van der Waals surface area contributed by atoms with Crippen LogP contribution in [-0.4, -0.2) is 65.7 Å². The summed E-state index contributed by atoms with van der Waals surface area (Å²) in [4.78, 5) is 28.3. The topological polar surface area (TPSA) is 90.7 Å². The van der Waals surface area contributed by atoms with Crippen molar-refractivity contribution >= 4 is 17.8 Å². The summed E-state index contributed by atoms with van der Waals surface area (Å²) in [5, 5.41) is 9.62. The normalized spacial score (nSPS) is 19.6. The molecule has 8 heteroatoms. The lowest BCUT2D eigenvalue weighted by Crippen LogP contribution is -2.54. The zero-order chi connectivity index (χ0) is 17.6. The number of anilines is 1. The smallest absolute Gasteiger partial charge is 0.317 e. The van der Waals surface area contributed by atoms with Gasteiger partial charge in [-0.1, -0.05) is 24.4 Å². The van der Waals surface area contributed by atoms with Crippen LogP contribution in [0.1, 0.15) is 37.9 Å². The van der Waals surface area contributed by atoms with Crippen molar-refractivity contribution < 1.29 is 14.1 Å². The second-order valence-corrected chi connectivity index (χ2v) is 6.92. The summed E-state index contributed by atoms with van der Waals surface area (Å²) in [6.07, 6.45) is 5.87. The van der Waals surface area contributed by atoms with E-state index in [1.165, 1.54) is 19.3 Å². The van der Waals surface area contributed by atoms with E-state index >= 15 is 0 Å². The van der Waals surface area contributed by atoms with Crippen molar-refractivity contribution in [1.29, 1.82) is 0 Å². The van der Waals surface area contributed by atoms with E-state index in [-0.39, 0.29) is 11.9 Å². The van der Waals surface area contributed by atoms with Crippen LogP contribution in [-0.2, 0) is 4.79 Å². The molecular formula is C17H27N5O3. The molecule has 0 bridgehead atoms. The number of piperazine rings is 1. The summed E-state index contributed by atoms with van der Waals surface area (Å²) >= 11 is 0. The first kappa shape index (κ1) is 17.7. The van der Waals surface area contributed by atoms with Gasteiger partial charge in [0.25, 0.3) is 0 Å². The predicted molar refractivity (Wildman–Crippen MR) is 93.3 cm³/mol. The van der Waals surface area contributed by atoms with Crippen LogP contribution in [0.2, 0.25) is 0 Å². The van der Waals surface area contributed by atoms with Crippen LogP contribution in [0.4, 0.5) is 10.6 Å². The van der Waals surface area contributed by atoms with Gasteiger partial charge in [-0.15, -0.1) is 0 Å². The maximum absolute atomic E-state index is 12.3. The molecule has 3 amide bonds. The molecule has 1 aliphatic heterocycles. The van der Waals surface area contributed by atoms with Gasteiger partial charge in [-0.3, -0.25) is 9.69 Å². The highest BCUT2D eigenvalue weighted by atomic mass is 16.5. The Morgan fingerprint density at radius 1 is 1.20 bits per heavy atom. The third kappa shape index (κ3) is 5.19. The standard InChI is InChI=1S/C17H27N5O3/c1-13-11-15(20-25-13)19-16(23)12-21-7-9-22(10-8-21)17(24)18-14-5-3-2-4-6-14/h11,14H,2-10,12H2,1H3,(H,18,24)(H,19,20,23). The van der Waals surface area contributed by atoms with E-state index in [1.807, 2.05) is 9.80 Å². The minimum atomic E-state index is -0.117. The molecule has 1 aromatic heterocycles. The van der Waals surface area contributed by atoms with E-state index in [2.05, 4.69) is 15.8 Å². The number of aromatic nitrogens is 1. The molecule has 1 saturated carbocycles. The third-order valence-electron chi connectivity index (χ3n) is 4.85. The van der Waals surface area contributed by atoms with E-state index in [9.17, 15) is 9.59 Å². The van der Waals surface area contributed by atoms with Gasteiger partial charge in [0, 0.05) is 38.3 Å². The van der Waals surface area contributed by atoms with Crippen molar-refractivity contribution in [1.82, 2.24) is 20.3 Å². The van der Waals surface area contributed by atoms with Crippen LogP contribution in [0.25, 0.3) is 0 Å². The van der Waals surface area contributed by atoms with Crippen LogP contribution >= 0.6 is 0 Å². The van der Waals surface area contributed by atoms with Gasteiger partial charge in [0.15, 0.2) is 5.82 Å². The van der Waals surface area contributed by atoms with E-state index in [1.54, 1.807) is 13.0 Å². The molecule has 0 unspecified atom stereocenters. The summed E-state index contributed by atoms with van der Waals surface area (Å²) in [6, 6.07) is 2.05. The number of aryl methyl sites for hydroxylation is 1. The Labute approximate surface area is 147 Å². The Morgan fingerprint density at radius 2 is 1.92 bits per heavy atom. The van der Waals surface area contributed by atoms with Gasteiger partial charge in [-0.2, -0.15) is 0 Å². The molecule has 1 aromatic rings. The van der Waals surface area contributed by atoms with Crippen LogP contribution in [0.5, 0.6) is 0 Å². The summed E-state index contributed by atoms with van der Waals surface area (Å²) in [5.41, 5.74) is 0. The van der Waals surface area contributed by atoms with Crippen LogP contribution < -0.4 is 10.6 Å². The molecule has 1 saturated heterocycles. The molecule has 8 nitrogen and oxygen atoms in total. The first-order valence-corrected chi connectivity index (χ1v) is 9.11. The maximum atomic E-state index is 12.3. The largest absolute Gasteiger partial charge is 0.360 e. The number of rotatable bonds is 4. The lowest BCUT2D eigenvalue weighted by molar-refractivity contribution is -0.117. The maximum Gasteiger partial charge on any atom is 0.317 e. The van der Waals surface area contributed by atoms with Crippen molar-refractivity contribution in [2.45, 2.75) is 45.1 Å². The summed E-state index contributed by atoms with van der Waals surface area (Å²) in [5.74, 6) is 0.981. The van der Waals surface area contributed by atoms with E-state index < -0.39 is 0 Å². The minimum Gasteiger partial charge on any atom is -0.360 e. The summed E-state index contributed by atoms with van der Waals surface area (Å²) in [6.45, 7) is 4.76. The zero-order valence-electron chi connectivity index (χ0n) is 14.8. The van der Waals surface area contributed by atoms with Crippen LogP contribution in [0.15, 0.2) is 10.6 Å². The SMILES string of the molecule is Cc1cc(NC(=O)CN2CCN(C(=O)NC3CCCCC3)CC2)no1. The second kappa shape index (κ2) is 8.33. The van der Waals surface area contributed by atoms with Crippen molar-refractivity contribution in [2.24, 2.45) is 0 Å². The van der Waals surface area contributed by atoms with Gasteiger partial charge in [-0.25, -0.2) is 4.79 Å². The summed E-state index contributed by atoms with van der Waals surface area (Å²) in [7, 11) is 0. The molecule has 0 atom stereocenters. The molecule has 138 valence electrons. The molecule has 2 fully saturated rings. The third-order valence-corrected chi connectivity index (χ3v) is 4.85. The highest BCUT2D eigenvalue weighted by Crippen LogP contribution is 2.17. The number of nitrogens with one attached hydrogen (secondary N) is 2. The number of urea groups is 1. The van der Waals surface area contributed by atoms with Crippen molar-refractivity contribution in [3.05, 3.63) is 11.8 Å². The molecule has 1 aliphatic carbocycles. The van der Waals surface area contributed by atoms with E-state index in [0.717, 1.165) is 12.8 Å². The average Bonchev–Trinajstić information content (AvgIpc) is 3.01. The molecule has 2 N–H and O–H groups in total. The fraction of sp³-hybridized carbons (Fsp3) is 0.706. The number of hydrogen-bond acceptors (Lipinski definition) is 5. The molecular weight excluding hydrogens is 322 g/mol. The number of carbonyl (C=O) groups is 2. The number of nitrogens with zero attached hydrogens (tertiary/aromatic N) is 3. The van der Waals surface area contributed by atoms with Gasteiger partial charge in [0.05, 0.1) is 6.54 Å². The van der Waals surface area contributed by atoms with Gasteiger partial charge in [0.2, 0.25) is 5.91 Å². The Bertz CT molecular complexity index is 589. The van der Waals surface area contributed by atoms with E-state index in [0.29, 0.717) is 50.3 Å². The van der Waals surface area contributed by atoms with Crippen LogP contribution in [0.3, 0.4) is 0 Å². The van der Waals surface area contributed by atoms with Crippen LogP contribution in [0, 0.1) is 6.92 Å². The van der Waals surface area contributed by atoms with Crippen molar-refractivity contribution in [3.8, 4) is 0 Å². The number of carbonyl (C=O) groups excluding carboxylic acids is 2. The quantitative estimate of drug-likeness (QED) is 0.861. The Balaban J connectivity index is 1.37. The molecule has 0 aromatic carbocycles. The van der Waals surface area contributed by atoms with E-state index in [4.69, 9.17) is 4.52 Å². The molecule has 25 heavy (non-hydrogen) atoms. The monoisotopic (exact) mass is 349 g/mol. The lowest BCUT2D eigenvalue weighted by Gasteiger charge is -2.35. The fourth-order valence-corrected chi connectivity index (χ4v) is 3.43. The lowest BCUT2D eigenvalue weighted by atomic mass is 9.96. The zero-order valence-corrected chi connectivity index (χ0v) is 14.8. The predicted octanol–water partition coefficient (Wildman–Crippen LogP) is 1.58.